The molecule has 0 saturated carbocycles. The third-order valence-corrected chi connectivity index (χ3v) is 7.87. The molecule has 4 aromatic rings. The molecule has 0 aliphatic carbocycles. The van der Waals surface area contributed by atoms with Crippen LogP contribution in [0.25, 0.3) is 11.3 Å². The Morgan fingerprint density at radius 2 is 1.71 bits per heavy atom. The van der Waals surface area contributed by atoms with Gasteiger partial charge >= 0.3 is 0 Å². The first-order valence-electron chi connectivity index (χ1n) is 12.5. The van der Waals surface area contributed by atoms with E-state index in [2.05, 4.69) is 20.0 Å². The normalized spacial score (nSPS) is 16.2. The molecule has 2 heterocycles. The van der Waals surface area contributed by atoms with Crippen molar-refractivity contribution in [3.63, 3.8) is 0 Å². The van der Waals surface area contributed by atoms with E-state index in [-0.39, 0.29) is 23.3 Å². The Morgan fingerprint density at radius 1 is 0.974 bits per heavy atom. The third kappa shape index (κ3) is 5.64. The number of anilines is 2. The molecule has 3 N–H and O–H groups in total. The SMILES string of the molecule is Cc1cccc(C)c1-c1cc2nc(n1)NS(=O)(=O)c1cccc(c1)NCC(c1ccc(CCCO)cc1)O2. The number of aromatic nitrogens is 2. The zero-order valence-electron chi connectivity index (χ0n) is 21.3. The van der Waals surface area contributed by atoms with E-state index >= 15 is 0 Å². The van der Waals surface area contributed by atoms with Crippen molar-refractivity contribution in [1.82, 2.24) is 9.97 Å². The number of aliphatic hydroxyl groups is 1. The number of ether oxygens (including phenoxy) is 1. The van der Waals surface area contributed by atoms with Gasteiger partial charge in [-0.2, -0.15) is 4.98 Å². The van der Waals surface area contributed by atoms with Gasteiger partial charge in [-0.1, -0.05) is 48.5 Å². The molecule has 0 spiro atoms. The quantitative estimate of drug-likeness (QED) is 0.332. The lowest BCUT2D eigenvalue weighted by Gasteiger charge is -2.22. The first-order valence-corrected chi connectivity index (χ1v) is 14.0. The summed E-state index contributed by atoms with van der Waals surface area (Å²) >= 11 is 0. The summed E-state index contributed by atoms with van der Waals surface area (Å²) in [7, 11) is -3.93. The molecule has 0 radical (unpaired) electrons. The lowest BCUT2D eigenvalue weighted by atomic mass is 10.00. The van der Waals surface area contributed by atoms with Crippen molar-refractivity contribution in [3.05, 3.63) is 95.1 Å². The fraction of sp³-hybridized carbons (Fsp3) is 0.241. The van der Waals surface area contributed by atoms with E-state index in [1.165, 1.54) is 6.07 Å². The number of aliphatic hydroxyl groups excluding tert-OH is 1. The van der Waals surface area contributed by atoms with Crippen LogP contribution in [0.15, 0.2) is 77.7 Å². The maximum absolute atomic E-state index is 13.2. The minimum atomic E-state index is -3.93. The number of aryl methyl sites for hydroxylation is 3. The molecule has 1 unspecified atom stereocenters. The lowest BCUT2D eigenvalue weighted by molar-refractivity contribution is 0.210. The molecule has 8 nitrogen and oxygen atoms in total. The average Bonchev–Trinajstić information content (AvgIpc) is 2.89. The first-order chi connectivity index (χ1) is 18.3. The monoisotopic (exact) mass is 530 g/mol. The predicted molar refractivity (Wildman–Crippen MR) is 148 cm³/mol. The van der Waals surface area contributed by atoms with Crippen molar-refractivity contribution < 1.29 is 18.3 Å². The van der Waals surface area contributed by atoms with Gasteiger partial charge in [-0.05, 0) is 67.1 Å². The van der Waals surface area contributed by atoms with Crippen LogP contribution in [-0.4, -0.2) is 36.6 Å². The lowest BCUT2D eigenvalue weighted by Crippen LogP contribution is -2.21. The largest absolute Gasteiger partial charge is 0.467 e. The van der Waals surface area contributed by atoms with E-state index in [0.29, 0.717) is 24.3 Å². The van der Waals surface area contributed by atoms with Gasteiger partial charge in [0.15, 0.2) is 0 Å². The Hall–Kier alpha value is -3.95. The van der Waals surface area contributed by atoms with Gasteiger partial charge in [0.1, 0.15) is 6.10 Å². The van der Waals surface area contributed by atoms with Gasteiger partial charge in [0.05, 0.1) is 17.1 Å². The van der Waals surface area contributed by atoms with Crippen LogP contribution in [-0.2, 0) is 16.4 Å². The molecule has 3 aromatic carbocycles. The molecule has 4 bridgehead atoms. The van der Waals surface area contributed by atoms with Gasteiger partial charge in [0.25, 0.3) is 10.0 Å². The molecular weight excluding hydrogens is 500 g/mol. The summed E-state index contributed by atoms with van der Waals surface area (Å²) < 4.78 is 35.3. The summed E-state index contributed by atoms with van der Waals surface area (Å²) in [5.41, 5.74) is 6.21. The number of fused-ring (bicyclic) bond motifs is 4. The van der Waals surface area contributed by atoms with Crippen LogP contribution < -0.4 is 14.8 Å². The van der Waals surface area contributed by atoms with Crippen LogP contribution in [0.4, 0.5) is 11.6 Å². The second-order valence-corrected chi connectivity index (χ2v) is 11.1. The molecule has 0 saturated heterocycles. The summed E-state index contributed by atoms with van der Waals surface area (Å²) in [6.07, 6.45) is 1.08. The van der Waals surface area contributed by atoms with Gasteiger partial charge in [-0.3, -0.25) is 0 Å². The summed E-state index contributed by atoms with van der Waals surface area (Å²) in [6.45, 7) is 4.51. The van der Waals surface area contributed by atoms with Crippen molar-refractivity contribution in [2.45, 2.75) is 37.7 Å². The summed E-state index contributed by atoms with van der Waals surface area (Å²) in [5.74, 6) is 0.202. The Morgan fingerprint density at radius 3 is 2.45 bits per heavy atom. The summed E-state index contributed by atoms with van der Waals surface area (Å²) in [5, 5.41) is 12.5. The van der Waals surface area contributed by atoms with Gasteiger partial charge < -0.3 is 15.2 Å². The van der Waals surface area contributed by atoms with E-state index in [4.69, 9.17) is 9.84 Å². The van der Waals surface area contributed by atoms with Gasteiger partial charge in [0, 0.05) is 23.9 Å². The number of rotatable bonds is 5. The van der Waals surface area contributed by atoms with Crippen molar-refractivity contribution in [1.29, 1.82) is 0 Å². The number of hydrogen-bond acceptors (Lipinski definition) is 7. The summed E-state index contributed by atoms with van der Waals surface area (Å²) in [4.78, 5) is 9.13. The second-order valence-electron chi connectivity index (χ2n) is 9.37. The van der Waals surface area contributed by atoms with Gasteiger partial charge in [-0.25, -0.2) is 18.1 Å². The molecular formula is C29H30N4O4S. The number of nitrogens with one attached hydrogen (secondary N) is 2. The zero-order chi connectivity index (χ0) is 26.7. The Balaban J connectivity index is 1.61. The standard InChI is InChI=1S/C29H30N4O4S/c1-19-6-3-7-20(2)28(19)25-17-27-32-29(31-25)33-38(35,36)24-10-4-9-23(16-24)30-18-26(37-27)22-13-11-21(12-14-22)8-5-15-34/h3-4,6-7,9-14,16-17,26,30,34H,5,8,15,18H2,1-2H3,(H,31,32,33). The van der Waals surface area contributed by atoms with Gasteiger partial charge in [-0.15, -0.1) is 0 Å². The Bertz CT molecular complexity index is 1540. The number of nitrogens with zero attached hydrogens (tertiary/aromatic N) is 2. The van der Waals surface area contributed by atoms with E-state index in [9.17, 15) is 8.42 Å². The maximum atomic E-state index is 13.2. The van der Waals surface area contributed by atoms with Crippen molar-refractivity contribution in [2.75, 3.05) is 23.2 Å². The minimum Gasteiger partial charge on any atom is -0.467 e. The Labute approximate surface area is 222 Å². The highest BCUT2D eigenvalue weighted by molar-refractivity contribution is 7.92. The van der Waals surface area contributed by atoms with E-state index < -0.39 is 16.1 Å². The van der Waals surface area contributed by atoms with E-state index in [1.54, 1.807) is 18.2 Å². The average molecular weight is 531 g/mol. The smallest absolute Gasteiger partial charge is 0.264 e. The topological polar surface area (TPSA) is 113 Å². The first kappa shape index (κ1) is 25.7. The number of hydrogen-bond donors (Lipinski definition) is 3. The minimum absolute atomic E-state index is 0.0582. The highest BCUT2D eigenvalue weighted by Gasteiger charge is 2.22. The molecule has 38 heavy (non-hydrogen) atoms. The van der Waals surface area contributed by atoms with E-state index in [1.807, 2.05) is 62.4 Å². The van der Waals surface area contributed by atoms with Crippen LogP contribution >= 0.6 is 0 Å². The molecule has 9 heteroatoms. The Kier molecular flexibility index (Phi) is 7.31. The van der Waals surface area contributed by atoms with E-state index in [0.717, 1.165) is 34.2 Å². The molecule has 1 atom stereocenters. The molecule has 5 rings (SSSR count). The molecule has 196 valence electrons. The maximum Gasteiger partial charge on any atom is 0.264 e. The highest BCUT2D eigenvalue weighted by Crippen LogP contribution is 2.32. The highest BCUT2D eigenvalue weighted by atomic mass is 32.2. The number of sulfonamides is 1. The molecule has 1 aromatic heterocycles. The van der Waals surface area contributed by atoms with Crippen LogP contribution in [0, 0.1) is 13.8 Å². The van der Waals surface area contributed by atoms with Crippen LogP contribution in [0.2, 0.25) is 0 Å². The molecule has 0 fully saturated rings. The zero-order valence-corrected chi connectivity index (χ0v) is 22.1. The van der Waals surface area contributed by atoms with Gasteiger partial charge in [0.2, 0.25) is 11.8 Å². The van der Waals surface area contributed by atoms with Crippen molar-refractivity contribution >= 4 is 21.7 Å². The summed E-state index contributed by atoms with van der Waals surface area (Å²) in [6, 6.07) is 22.4. The second kappa shape index (κ2) is 10.8. The molecule has 1 aliphatic heterocycles. The molecule has 0 amide bonds. The molecule has 1 aliphatic rings. The van der Waals surface area contributed by atoms with Crippen molar-refractivity contribution in [2.24, 2.45) is 0 Å². The number of benzene rings is 3. The fourth-order valence-electron chi connectivity index (χ4n) is 4.60. The third-order valence-electron chi connectivity index (χ3n) is 6.54. The van der Waals surface area contributed by atoms with Crippen LogP contribution in [0.3, 0.4) is 0 Å². The predicted octanol–water partition coefficient (Wildman–Crippen LogP) is 5.03. The van der Waals surface area contributed by atoms with Crippen LogP contribution in [0.5, 0.6) is 5.88 Å². The fourth-order valence-corrected chi connectivity index (χ4v) is 5.59. The van der Waals surface area contributed by atoms with Crippen LogP contribution in [0.1, 0.15) is 34.8 Å². The van der Waals surface area contributed by atoms with Crippen molar-refractivity contribution in [3.8, 4) is 17.1 Å².